The summed E-state index contributed by atoms with van der Waals surface area (Å²) in [5, 5.41) is 9.84. The maximum atomic E-state index is 13.9. The molecule has 0 saturated carbocycles. The fraction of sp³-hybridized carbons (Fsp3) is 0.364. The van der Waals surface area contributed by atoms with Gasteiger partial charge in [-0.25, -0.2) is 8.97 Å². The third kappa shape index (κ3) is 3.42. The molecule has 0 fully saturated rings. The summed E-state index contributed by atoms with van der Waals surface area (Å²) < 4.78 is 9.54. The number of hydrogen-bond donors (Lipinski definition) is 1. The van der Waals surface area contributed by atoms with Crippen LogP contribution in [0.3, 0.4) is 0 Å². The number of benzene rings is 1. The van der Waals surface area contributed by atoms with Crippen molar-refractivity contribution < 1.29 is 9.53 Å². The summed E-state index contributed by atoms with van der Waals surface area (Å²) in [6.07, 6.45) is 0.751. The molecule has 0 unspecified atom stereocenters. The number of primary amides is 1. The fourth-order valence-electron chi connectivity index (χ4n) is 4.02. The van der Waals surface area contributed by atoms with Crippen LogP contribution in [-0.4, -0.2) is 36.9 Å². The van der Waals surface area contributed by atoms with Crippen molar-refractivity contribution in [1.82, 2.24) is 19.2 Å². The highest BCUT2D eigenvalue weighted by atomic mass is 32.2. The predicted molar refractivity (Wildman–Crippen MR) is 126 cm³/mol. The number of nitrogens with two attached hydrogens (primary N) is 1. The van der Waals surface area contributed by atoms with Gasteiger partial charge in [0.15, 0.2) is 5.16 Å². The van der Waals surface area contributed by atoms with Gasteiger partial charge in [0, 0.05) is 11.3 Å². The molecule has 4 aromatic rings. The van der Waals surface area contributed by atoms with Crippen LogP contribution in [0.25, 0.3) is 21.7 Å². The largest absolute Gasteiger partial charge is 0.372 e. The van der Waals surface area contributed by atoms with E-state index >= 15 is 0 Å². The summed E-state index contributed by atoms with van der Waals surface area (Å²) in [5.74, 6) is 0.403. The number of carbonyl (C=O) groups excluding carboxylic acids is 1. The average molecular weight is 470 g/mol. The third-order valence-corrected chi connectivity index (χ3v) is 7.86. The summed E-state index contributed by atoms with van der Waals surface area (Å²) >= 11 is 2.75. The maximum Gasteiger partial charge on any atom is 0.268 e. The molecular weight excluding hydrogens is 446 g/mol. The standard InChI is InChI=1S/C22H23N5O3S2/c1-11(2)15-8-14-16(9-30-15)32-20-18(14)19(29)26(13-6-4-12(3)5-7-13)21-24-25-22(27(20)21)31-10-17(23)28/h4-7,11,15H,8-10H2,1-3H3,(H2,23,28)/t15-/m0/s1. The number of hydrogen-bond acceptors (Lipinski definition) is 7. The van der Waals surface area contributed by atoms with Gasteiger partial charge in [-0.15, -0.1) is 21.5 Å². The van der Waals surface area contributed by atoms with E-state index in [0.717, 1.165) is 26.5 Å². The second-order valence-corrected chi connectivity index (χ2v) is 10.4. The Kier molecular flexibility index (Phi) is 5.31. The van der Waals surface area contributed by atoms with Gasteiger partial charge in [0.2, 0.25) is 11.7 Å². The van der Waals surface area contributed by atoms with Crippen molar-refractivity contribution in [2.75, 3.05) is 5.75 Å². The molecule has 0 radical (unpaired) electrons. The molecule has 32 heavy (non-hydrogen) atoms. The lowest BCUT2D eigenvalue weighted by molar-refractivity contribution is -0.115. The van der Waals surface area contributed by atoms with Gasteiger partial charge in [-0.1, -0.05) is 43.3 Å². The normalized spacial score (nSPS) is 16.2. The first-order chi connectivity index (χ1) is 15.3. The molecule has 1 atom stereocenters. The lowest BCUT2D eigenvalue weighted by Gasteiger charge is -2.26. The highest BCUT2D eigenvalue weighted by Gasteiger charge is 2.30. The van der Waals surface area contributed by atoms with E-state index in [1.165, 1.54) is 23.1 Å². The molecule has 0 saturated heterocycles. The maximum absolute atomic E-state index is 13.9. The summed E-state index contributed by atoms with van der Waals surface area (Å²) in [6, 6.07) is 7.75. The zero-order valence-corrected chi connectivity index (χ0v) is 19.6. The van der Waals surface area contributed by atoms with E-state index in [-0.39, 0.29) is 17.4 Å². The number of thiophene rings is 1. The van der Waals surface area contributed by atoms with Crippen LogP contribution >= 0.6 is 23.1 Å². The molecule has 1 aliphatic rings. The number of nitrogens with zero attached hydrogens (tertiary/aromatic N) is 4. The van der Waals surface area contributed by atoms with Gasteiger partial charge in [0.25, 0.3) is 5.56 Å². The molecule has 0 aliphatic carbocycles. The van der Waals surface area contributed by atoms with Gasteiger partial charge in [-0.3, -0.25) is 9.59 Å². The van der Waals surface area contributed by atoms with E-state index in [4.69, 9.17) is 10.5 Å². The number of amides is 1. The number of aromatic nitrogens is 4. The minimum Gasteiger partial charge on any atom is -0.372 e. The van der Waals surface area contributed by atoms with Crippen molar-refractivity contribution >= 4 is 45.0 Å². The van der Waals surface area contributed by atoms with E-state index in [2.05, 4.69) is 24.0 Å². The van der Waals surface area contributed by atoms with Gasteiger partial charge < -0.3 is 10.5 Å². The van der Waals surface area contributed by atoms with E-state index in [9.17, 15) is 9.59 Å². The summed E-state index contributed by atoms with van der Waals surface area (Å²) in [7, 11) is 0. The first-order valence-electron chi connectivity index (χ1n) is 10.4. The molecule has 8 nitrogen and oxygen atoms in total. The smallest absolute Gasteiger partial charge is 0.268 e. The first kappa shape index (κ1) is 21.2. The summed E-state index contributed by atoms with van der Waals surface area (Å²) in [5.41, 5.74) is 8.11. The Hall–Kier alpha value is -2.69. The number of rotatable bonds is 5. The van der Waals surface area contributed by atoms with Crippen LogP contribution < -0.4 is 11.3 Å². The fourth-order valence-corrected chi connectivity index (χ4v) is 5.99. The van der Waals surface area contributed by atoms with Crippen LogP contribution in [0.5, 0.6) is 0 Å². The Balaban J connectivity index is 1.83. The van der Waals surface area contributed by atoms with Crippen LogP contribution in [0, 0.1) is 12.8 Å². The lowest BCUT2D eigenvalue weighted by Crippen LogP contribution is -2.28. The monoisotopic (exact) mass is 469 g/mol. The lowest BCUT2D eigenvalue weighted by atomic mass is 9.96. The topological polar surface area (TPSA) is 105 Å². The van der Waals surface area contributed by atoms with Gasteiger partial charge >= 0.3 is 0 Å². The molecule has 0 bridgehead atoms. The van der Waals surface area contributed by atoms with Crippen molar-refractivity contribution in [3.8, 4) is 5.69 Å². The van der Waals surface area contributed by atoms with Crippen LogP contribution in [0.15, 0.2) is 34.2 Å². The molecular formula is C22H23N5O3S2. The number of ether oxygens (including phenoxy) is 1. The predicted octanol–water partition coefficient (Wildman–Crippen LogP) is 3.08. The molecule has 1 amide bonds. The van der Waals surface area contributed by atoms with Crippen LogP contribution in [0.1, 0.15) is 29.9 Å². The number of thioether (sulfide) groups is 1. The number of fused-ring (bicyclic) bond motifs is 5. The Morgan fingerprint density at radius 2 is 2.06 bits per heavy atom. The average Bonchev–Trinajstić information content (AvgIpc) is 3.34. The quantitative estimate of drug-likeness (QED) is 0.451. The van der Waals surface area contributed by atoms with Crippen LogP contribution in [0.4, 0.5) is 0 Å². The SMILES string of the molecule is Cc1ccc(-n2c(=O)c3c4c(sc3n3c(SCC(N)=O)nnc23)CO[C@H](C(C)C)C4)cc1. The van der Waals surface area contributed by atoms with Crippen molar-refractivity contribution in [3.05, 3.63) is 50.6 Å². The van der Waals surface area contributed by atoms with Gasteiger partial charge in [0.1, 0.15) is 4.83 Å². The summed E-state index contributed by atoms with van der Waals surface area (Å²) in [6.45, 7) is 6.74. The molecule has 1 aliphatic heterocycles. The minimum absolute atomic E-state index is 0.0628. The van der Waals surface area contributed by atoms with Crippen LogP contribution in [0.2, 0.25) is 0 Å². The Labute approximate surface area is 192 Å². The summed E-state index contributed by atoms with van der Waals surface area (Å²) in [4.78, 5) is 27.1. The van der Waals surface area contributed by atoms with Crippen LogP contribution in [-0.2, 0) is 22.6 Å². The highest BCUT2D eigenvalue weighted by molar-refractivity contribution is 7.99. The van der Waals surface area contributed by atoms with Gasteiger partial charge in [0.05, 0.1) is 29.5 Å². The Bertz CT molecular complexity index is 1400. The molecule has 2 N–H and O–H groups in total. The molecule has 1 aromatic carbocycles. The van der Waals surface area contributed by atoms with Crippen molar-refractivity contribution in [3.63, 3.8) is 0 Å². The third-order valence-electron chi connectivity index (χ3n) is 5.72. The molecule has 10 heteroatoms. The van der Waals surface area contributed by atoms with Crippen molar-refractivity contribution in [2.45, 2.75) is 45.1 Å². The van der Waals surface area contributed by atoms with E-state index in [0.29, 0.717) is 35.3 Å². The number of aryl methyl sites for hydroxylation is 1. The highest BCUT2D eigenvalue weighted by Crippen LogP contribution is 2.37. The molecule has 3 aromatic heterocycles. The second-order valence-electron chi connectivity index (χ2n) is 8.33. The molecule has 4 heterocycles. The number of carbonyl (C=O) groups is 1. The first-order valence-corrected chi connectivity index (χ1v) is 12.2. The van der Waals surface area contributed by atoms with Gasteiger partial charge in [-0.05, 0) is 30.5 Å². The van der Waals surface area contributed by atoms with E-state index in [1.54, 1.807) is 4.57 Å². The van der Waals surface area contributed by atoms with Crippen molar-refractivity contribution in [2.24, 2.45) is 11.7 Å². The zero-order chi connectivity index (χ0) is 22.6. The van der Waals surface area contributed by atoms with Crippen molar-refractivity contribution in [1.29, 1.82) is 0 Å². The Morgan fingerprint density at radius 1 is 1.31 bits per heavy atom. The molecule has 166 valence electrons. The Morgan fingerprint density at radius 3 is 2.75 bits per heavy atom. The van der Waals surface area contributed by atoms with Gasteiger partial charge in [-0.2, -0.15) is 0 Å². The van der Waals surface area contributed by atoms with E-state index < -0.39 is 5.91 Å². The zero-order valence-electron chi connectivity index (χ0n) is 18.0. The van der Waals surface area contributed by atoms with E-state index in [1.807, 2.05) is 35.6 Å². The molecule has 5 rings (SSSR count). The second kappa shape index (κ2) is 8.02. The molecule has 0 spiro atoms. The minimum atomic E-state index is -0.437.